The van der Waals surface area contributed by atoms with Crippen LogP contribution in [0.1, 0.15) is 16.7 Å². The maximum absolute atomic E-state index is 11.7. The number of halogens is 2. The average Bonchev–Trinajstić information content (AvgIpc) is 2.86. The van der Waals surface area contributed by atoms with E-state index in [2.05, 4.69) is 81.4 Å². The number of rotatable bonds is 4. The lowest BCUT2D eigenvalue weighted by molar-refractivity contribution is -0.113. The van der Waals surface area contributed by atoms with Crippen LogP contribution in [0.2, 0.25) is 0 Å². The molecule has 2 N–H and O–H groups in total. The molecule has 0 saturated carbocycles. The van der Waals surface area contributed by atoms with Gasteiger partial charge in [-0.2, -0.15) is 4.99 Å². The van der Waals surface area contributed by atoms with Gasteiger partial charge in [0.15, 0.2) is 5.17 Å². The van der Waals surface area contributed by atoms with Crippen LogP contribution in [0.5, 0.6) is 5.75 Å². The summed E-state index contributed by atoms with van der Waals surface area (Å²) < 4.78 is 7.99. The van der Waals surface area contributed by atoms with Crippen LogP contribution >= 0.6 is 56.9 Å². The molecular formula is C18H14I2N2O2S. The molecule has 0 radical (unpaired) electrons. The Morgan fingerprint density at radius 1 is 1.20 bits per heavy atom. The predicted octanol–water partition coefficient (Wildman–Crippen LogP) is 4.71. The first-order chi connectivity index (χ1) is 11.9. The molecule has 128 valence electrons. The van der Waals surface area contributed by atoms with E-state index in [1.807, 2.05) is 18.2 Å². The number of aliphatic imine (C=N–C) groups is 1. The van der Waals surface area contributed by atoms with Crippen LogP contribution in [0.3, 0.4) is 0 Å². The Hall–Kier alpha value is -1.07. The molecule has 1 amide bonds. The Labute approximate surface area is 177 Å². The van der Waals surface area contributed by atoms with Crippen molar-refractivity contribution in [1.82, 2.24) is 0 Å². The molecule has 3 rings (SSSR count). The van der Waals surface area contributed by atoms with Gasteiger partial charge in [0.2, 0.25) is 0 Å². The second kappa shape index (κ2) is 8.09. The topological polar surface area (TPSA) is 64.7 Å². The highest BCUT2D eigenvalue weighted by molar-refractivity contribution is 14.1. The molecule has 2 aromatic rings. The first kappa shape index (κ1) is 18.7. The number of ether oxygens (including phenoxy) is 1. The van der Waals surface area contributed by atoms with Gasteiger partial charge in [-0.25, -0.2) is 0 Å². The molecule has 1 aliphatic heterocycles. The number of hydrogen-bond acceptors (Lipinski definition) is 4. The monoisotopic (exact) mass is 576 g/mol. The largest absolute Gasteiger partial charge is 0.487 e. The van der Waals surface area contributed by atoms with Crippen molar-refractivity contribution in [2.24, 2.45) is 10.7 Å². The first-order valence-electron chi connectivity index (χ1n) is 7.38. The molecule has 4 nitrogen and oxygen atoms in total. The third-order valence-electron chi connectivity index (χ3n) is 3.46. The fourth-order valence-corrected chi connectivity index (χ4v) is 5.03. The number of benzene rings is 2. The van der Waals surface area contributed by atoms with Crippen LogP contribution in [-0.4, -0.2) is 11.1 Å². The molecule has 7 heteroatoms. The lowest BCUT2D eigenvalue weighted by Crippen LogP contribution is -2.01. The molecular weight excluding hydrogens is 562 g/mol. The smallest absolute Gasteiger partial charge is 0.286 e. The van der Waals surface area contributed by atoms with Crippen LogP contribution in [0, 0.1) is 14.1 Å². The second-order valence-electron chi connectivity index (χ2n) is 5.45. The van der Waals surface area contributed by atoms with E-state index in [-0.39, 0.29) is 5.91 Å². The normalized spacial score (nSPS) is 15.6. The van der Waals surface area contributed by atoms with Crippen LogP contribution in [0.15, 0.2) is 46.3 Å². The van der Waals surface area contributed by atoms with Gasteiger partial charge in [-0.1, -0.05) is 29.8 Å². The number of amides is 1. The Kier molecular flexibility index (Phi) is 6.05. The number of nitrogens with two attached hydrogens (primary N) is 1. The summed E-state index contributed by atoms with van der Waals surface area (Å²) in [6.45, 7) is 2.58. The third-order valence-corrected chi connectivity index (χ3v) is 5.87. The van der Waals surface area contributed by atoms with Crippen molar-refractivity contribution >= 4 is 74.1 Å². The summed E-state index contributed by atoms with van der Waals surface area (Å²) >= 11 is 5.70. The SMILES string of the molecule is Cc1ccc(COc2c(I)cc(/C=C3\SC(N)=NC3=O)cc2I)cc1. The molecule has 25 heavy (non-hydrogen) atoms. The Morgan fingerprint density at radius 2 is 1.84 bits per heavy atom. The van der Waals surface area contributed by atoms with E-state index >= 15 is 0 Å². The molecule has 0 aliphatic carbocycles. The van der Waals surface area contributed by atoms with Gasteiger partial charge in [0.1, 0.15) is 12.4 Å². The van der Waals surface area contributed by atoms with E-state index in [0.717, 1.165) is 24.0 Å². The molecule has 0 atom stereocenters. The number of thioether (sulfide) groups is 1. The lowest BCUT2D eigenvalue weighted by Gasteiger charge is -2.12. The summed E-state index contributed by atoms with van der Waals surface area (Å²) in [4.78, 5) is 16.0. The first-order valence-corrected chi connectivity index (χ1v) is 10.3. The fraction of sp³-hybridized carbons (Fsp3) is 0.111. The van der Waals surface area contributed by atoms with Gasteiger partial charge in [-0.15, -0.1) is 0 Å². The van der Waals surface area contributed by atoms with Gasteiger partial charge in [0.25, 0.3) is 5.91 Å². The van der Waals surface area contributed by atoms with Crippen LogP contribution in [0.4, 0.5) is 0 Å². The molecule has 0 bridgehead atoms. The Balaban J connectivity index is 1.77. The summed E-state index contributed by atoms with van der Waals surface area (Å²) in [5.41, 5.74) is 8.87. The molecule has 0 unspecified atom stereocenters. The van der Waals surface area contributed by atoms with Crippen LogP contribution in [-0.2, 0) is 11.4 Å². The summed E-state index contributed by atoms with van der Waals surface area (Å²) in [5.74, 6) is 0.567. The van der Waals surface area contributed by atoms with E-state index in [1.54, 1.807) is 0 Å². The second-order valence-corrected chi connectivity index (χ2v) is 8.84. The van der Waals surface area contributed by atoms with Gasteiger partial charge in [-0.3, -0.25) is 4.79 Å². The van der Waals surface area contributed by atoms with E-state index in [4.69, 9.17) is 10.5 Å². The molecule has 0 fully saturated rings. The van der Waals surface area contributed by atoms with Crippen molar-refractivity contribution in [3.63, 3.8) is 0 Å². The van der Waals surface area contributed by atoms with E-state index in [9.17, 15) is 4.79 Å². The van der Waals surface area contributed by atoms with Gasteiger partial charge in [-0.05, 0) is 93.2 Å². The number of aryl methyl sites for hydroxylation is 1. The Morgan fingerprint density at radius 3 is 2.40 bits per heavy atom. The zero-order valence-electron chi connectivity index (χ0n) is 13.3. The van der Waals surface area contributed by atoms with Crippen LogP contribution in [0.25, 0.3) is 6.08 Å². The number of amidine groups is 1. The number of carbonyl (C=O) groups is 1. The average molecular weight is 576 g/mol. The molecule has 0 aromatic heterocycles. The minimum atomic E-state index is -0.285. The lowest BCUT2D eigenvalue weighted by atomic mass is 10.1. The maximum atomic E-state index is 11.7. The van der Waals surface area contributed by atoms with Crippen molar-refractivity contribution in [3.05, 3.63) is 65.1 Å². The van der Waals surface area contributed by atoms with Gasteiger partial charge < -0.3 is 10.5 Å². The predicted molar refractivity (Wildman–Crippen MR) is 120 cm³/mol. The van der Waals surface area contributed by atoms with Crippen molar-refractivity contribution in [2.45, 2.75) is 13.5 Å². The van der Waals surface area contributed by atoms with E-state index < -0.39 is 0 Å². The molecule has 1 aliphatic rings. The van der Waals surface area contributed by atoms with Crippen molar-refractivity contribution < 1.29 is 9.53 Å². The van der Waals surface area contributed by atoms with Gasteiger partial charge >= 0.3 is 0 Å². The van der Waals surface area contributed by atoms with E-state index in [1.165, 1.54) is 17.3 Å². The molecule has 1 heterocycles. The zero-order valence-corrected chi connectivity index (χ0v) is 18.4. The highest BCUT2D eigenvalue weighted by Gasteiger charge is 2.20. The number of carbonyl (C=O) groups excluding carboxylic acids is 1. The van der Waals surface area contributed by atoms with Crippen molar-refractivity contribution in [2.75, 3.05) is 0 Å². The number of nitrogens with zero attached hydrogens (tertiary/aromatic N) is 1. The number of hydrogen-bond donors (Lipinski definition) is 1. The van der Waals surface area contributed by atoms with Gasteiger partial charge in [0, 0.05) is 0 Å². The summed E-state index contributed by atoms with van der Waals surface area (Å²) in [5, 5.41) is 0.290. The minimum Gasteiger partial charge on any atom is -0.487 e. The third kappa shape index (κ3) is 4.76. The maximum Gasteiger partial charge on any atom is 0.286 e. The fourth-order valence-electron chi connectivity index (χ4n) is 2.22. The Bertz CT molecular complexity index is 869. The molecule has 0 spiro atoms. The summed E-state index contributed by atoms with van der Waals surface area (Å²) in [7, 11) is 0. The molecule has 2 aromatic carbocycles. The highest BCUT2D eigenvalue weighted by Crippen LogP contribution is 2.32. The van der Waals surface area contributed by atoms with Gasteiger partial charge in [0.05, 0.1) is 12.0 Å². The minimum absolute atomic E-state index is 0.285. The quantitative estimate of drug-likeness (QED) is 0.423. The van der Waals surface area contributed by atoms with E-state index in [0.29, 0.717) is 16.7 Å². The zero-order chi connectivity index (χ0) is 18.0. The molecule has 0 saturated heterocycles. The standard InChI is InChI=1S/C18H14I2N2O2S/c1-10-2-4-11(5-3-10)9-24-16-13(19)6-12(7-14(16)20)8-15-17(23)22-18(21)25-15/h2-8H,9H2,1H3,(H2,21,22,23)/b15-8-. The van der Waals surface area contributed by atoms with Crippen molar-refractivity contribution in [3.8, 4) is 5.75 Å². The van der Waals surface area contributed by atoms with Crippen LogP contribution < -0.4 is 10.5 Å². The van der Waals surface area contributed by atoms with Crippen molar-refractivity contribution in [1.29, 1.82) is 0 Å². The highest BCUT2D eigenvalue weighted by atomic mass is 127. The summed E-state index contributed by atoms with van der Waals surface area (Å²) in [6.07, 6.45) is 1.81. The summed E-state index contributed by atoms with van der Waals surface area (Å²) in [6, 6.07) is 12.3.